The quantitative estimate of drug-likeness (QED) is 0.879. The molecule has 2 N–H and O–H groups in total. The lowest BCUT2D eigenvalue weighted by atomic mass is 9.68. The summed E-state index contributed by atoms with van der Waals surface area (Å²) in [6, 6.07) is 5.01. The molecule has 4 heteroatoms. The van der Waals surface area contributed by atoms with Gasteiger partial charge in [0.15, 0.2) is 0 Å². The molecule has 0 amide bonds. The van der Waals surface area contributed by atoms with Gasteiger partial charge in [-0.25, -0.2) is 4.39 Å². The van der Waals surface area contributed by atoms with E-state index in [4.69, 9.17) is 0 Å². The maximum atomic E-state index is 13.9. The minimum absolute atomic E-state index is 0.257. The lowest BCUT2D eigenvalue weighted by Crippen LogP contribution is -2.57. The SMILES string of the molecule is CC1(C)CNCCC1(O)Cc1ccc(Br)cc1F. The molecule has 1 aliphatic heterocycles. The average molecular weight is 316 g/mol. The van der Waals surface area contributed by atoms with Gasteiger partial charge in [0.1, 0.15) is 5.82 Å². The highest BCUT2D eigenvalue weighted by Gasteiger charge is 2.45. The van der Waals surface area contributed by atoms with Crippen LogP contribution in [0, 0.1) is 11.2 Å². The third-order valence-corrected chi connectivity index (χ3v) is 4.53. The molecule has 2 rings (SSSR count). The van der Waals surface area contributed by atoms with Crippen LogP contribution in [0.15, 0.2) is 22.7 Å². The number of rotatable bonds is 2. The zero-order valence-corrected chi connectivity index (χ0v) is 12.3. The van der Waals surface area contributed by atoms with Gasteiger partial charge in [-0.2, -0.15) is 0 Å². The molecule has 0 radical (unpaired) electrons. The molecule has 0 aromatic heterocycles. The highest BCUT2D eigenvalue weighted by molar-refractivity contribution is 9.10. The minimum atomic E-state index is -0.854. The van der Waals surface area contributed by atoms with Gasteiger partial charge in [-0.1, -0.05) is 35.8 Å². The monoisotopic (exact) mass is 315 g/mol. The summed E-state index contributed by atoms with van der Waals surface area (Å²) in [6.45, 7) is 5.57. The molecular formula is C14H19BrFNO. The Hall–Kier alpha value is -0.450. The molecule has 2 nitrogen and oxygen atoms in total. The molecule has 0 bridgehead atoms. The zero-order valence-electron chi connectivity index (χ0n) is 10.8. The summed E-state index contributed by atoms with van der Waals surface area (Å²) in [5, 5.41) is 14.1. The molecule has 1 atom stereocenters. The van der Waals surface area contributed by atoms with Crippen molar-refractivity contribution < 1.29 is 9.50 Å². The molecule has 1 aliphatic rings. The van der Waals surface area contributed by atoms with Crippen LogP contribution >= 0.6 is 15.9 Å². The van der Waals surface area contributed by atoms with Gasteiger partial charge in [0, 0.05) is 22.9 Å². The van der Waals surface area contributed by atoms with Gasteiger partial charge in [0.25, 0.3) is 0 Å². The van der Waals surface area contributed by atoms with E-state index >= 15 is 0 Å². The minimum Gasteiger partial charge on any atom is -0.389 e. The first-order valence-electron chi connectivity index (χ1n) is 6.21. The number of aliphatic hydroxyl groups is 1. The van der Waals surface area contributed by atoms with E-state index < -0.39 is 5.60 Å². The van der Waals surface area contributed by atoms with Crippen LogP contribution in [0.5, 0.6) is 0 Å². The Balaban J connectivity index is 2.26. The maximum Gasteiger partial charge on any atom is 0.127 e. The molecular weight excluding hydrogens is 297 g/mol. The van der Waals surface area contributed by atoms with Gasteiger partial charge in [0.05, 0.1) is 5.60 Å². The second-order valence-electron chi connectivity index (χ2n) is 5.75. The Morgan fingerprint density at radius 1 is 1.44 bits per heavy atom. The summed E-state index contributed by atoms with van der Waals surface area (Å²) in [7, 11) is 0. The van der Waals surface area contributed by atoms with E-state index in [9.17, 15) is 9.50 Å². The van der Waals surface area contributed by atoms with Gasteiger partial charge in [-0.05, 0) is 30.7 Å². The van der Waals surface area contributed by atoms with Crippen molar-refractivity contribution in [1.82, 2.24) is 5.32 Å². The second-order valence-corrected chi connectivity index (χ2v) is 6.67. The van der Waals surface area contributed by atoms with E-state index in [-0.39, 0.29) is 11.2 Å². The van der Waals surface area contributed by atoms with Crippen LogP contribution in [-0.2, 0) is 6.42 Å². The van der Waals surface area contributed by atoms with Crippen LogP contribution in [0.2, 0.25) is 0 Å². The molecule has 1 aromatic rings. The number of hydrogen-bond acceptors (Lipinski definition) is 2. The first-order valence-corrected chi connectivity index (χ1v) is 7.00. The lowest BCUT2D eigenvalue weighted by molar-refractivity contribution is -0.0874. The Labute approximate surface area is 116 Å². The van der Waals surface area contributed by atoms with Crippen molar-refractivity contribution in [2.45, 2.75) is 32.3 Å². The molecule has 1 aromatic carbocycles. The number of halogens is 2. The molecule has 1 fully saturated rings. The van der Waals surface area contributed by atoms with Crippen molar-refractivity contribution >= 4 is 15.9 Å². The summed E-state index contributed by atoms with van der Waals surface area (Å²) in [4.78, 5) is 0. The lowest BCUT2D eigenvalue weighted by Gasteiger charge is -2.47. The fraction of sp³-hybridized carbons (Fsp3) is 0.571. The molecule has 0 spiro atoms. The Kier molecular flexibility index (Phi) is 3.81. The first-order chi connectivity index (χ1) is 8.34. The van der Waals surface area contributed by atoms with Crippen molar-refractivity contribution in [2.75, 3.05) is 13.1 Å². The molecule has 1 heterocycles. The van der Waals surface area contributed by atoms with E-state index in [0.29, 0.717) is 18.4 Å². The van der Waals surface area contributed by atoms with Crippen LogP contribution in [0.3, 0.4) is 0 Å². The smallest absolute Gasteiger partial charge is 0.127 e. The standard InChI is InChI=1S/C14H19BrFNO/c1-13(2)9-17-6-5-14(13,18)8-10-3-4-11(15)7-12(10)16/h3-4,7,17-18H,5-6,8-9H2,1-2H3. The van der Waals surface area contributed by atoms with Crippen LogP contribution in [0.4, 0.5) is 4.39 Å². The van der Waals surface area contributed by atoms with Gasteiger partial charge in [-0.3, -0.25) is 0 Å². The third kappa shape index (κ3) is 2.60. The van der Waals surface area contributed by atoms with Gasteiger partial charge in [0.2, 0.25) is 0 Å². The molecule has 0 aliphatic carbocycles. The van der Waals surface area contributed by atoms with Crippen molar-refractivity contribution in [3.8, 4) is 0 Å². The molecule has 100 valence electrons. The third-order valence-electron chi connectivity index (χ3n) is 4.04. The fourth-order valence-electron chi connectivity index (χ4n) is 2.51. The fourth-order valence-corrected chi connectivity index (χ4v) is 2.84. The van der Waals surface area contributed by atoms with E-state index in [1.165, 1.54) is 6.07 Å². The predicted octanol–water partition coefficient (Wildman–Crippen LogP) is 2.88. The van der Waals surface area contributed by atoms with Gasteiger partial charge in [-0.15, -0.1) is 0 Å². The highest BCUT2D eigenvalue weighted by atomic mass is 79.9. The zero-order chi connectivity index (χ0) is 13.4. The van der Waals surface area contributed by atoms with Crippen LogP contribution in [0.1, 0.15) is 25.8 Å². The Morgan fingerprint density at radius 2 is 2.17 bits per heavy atom. The van der Waals surface area contributed by atoms with E-state index in [0.717, 1.165) is 17.6 Å². The first kappa shape index (κ1) is 14.0. The van der Waals surface area contributed by atoms with Crippen LogP contribution in [0.25, 0.3) is 0 Å². The van der Waals surface area contributed by atoms with Crippen molar-refractivity contribution in [3.63, 3.8) is 0 Å². The van der Waals surface area contributed by atoms with Crippen molar-refractivity contribution in [3.05, 3.63) is 34.1 Å². The molecule has 0 saturated carbocycles. The number of benzene rings is 1. The number of nitrogens with one attached hydrogen (secondary N) is 1. The topological polar surface area (TPSA) is 32.3 Å². The predicted molar refractivity (Wildman–Crippen MR) is 74.0 cm³/mol. The Morgan fingerprint density at radius 3 is 2.78 bits per heavy atom. The van der Waals surface area contributed by atoms with Gasteiger partial charge >= 0.3 is 0 Å². The van der Waals surface area contributed by atoms with Crippen molar-refractivity contribution in [1.29, 1.82) is 0 Å². The summed E-state index contributed by atoms with van der Waals surface area (Å²) < 4.78 is 14.6. The second kappa shape index (κ2) is 4.91. The molecule has 18 heavy (non-hydrogen) atoms. The molecule has 1 saturated heterocycles. The normalized spacial score (nSPS) is 27.2. The summed E-state index contributed by atoms with van der Waals surface area (Å²) in [5.74, 6) is -0.257. The molecule has 1 unspecified atom stereocenters. The largest absolute Gasteiger partial charge is 0.389 e. The van der Waals surface area contributed by atoms with E-state index in [2.05, 4.69) is 21.2 Å². The highest BCUT2D eigenvalue weighted by Crippen LogP contribution is 2.38. The number of hydrogen-bond donors (Lipinski definition) is 2. The Bertz CT molecular complexity index is 449. The summed E-state index contributed by atoms with van der Waals surface area (Å²) in [5.41, 5.74) is -0.534. The van der Waals surface area contributed by atoms with E-state index in [1.54, 1.807) is 6.07 Å². The van der Waals surface area contributed by atoms with Gasteiger partial charge < -0.3 is 10.4 Å². The number of piperidine rings is 1. The summed E-state index contributed by atoms with van der Waals surface area (Å²) in [6.07, 6.45) is 1.01. The average Bonchev–Trinajstić information content (AvgIpc) is 2.27. The summed E-state index contributed by atoms with van der Waals surface area (Å²) >= 11 is 3.24. The van der Waals surface area contributed by atoms with Crippen LogP contribution < -0.4 is 5.32 Å². The van der Waals surface area contributed by atoms with Crippen molar-refractivity contribution in [2.24, 2.45) is 5.41 Å². The van der Waals surface area contributed by atoms with Crippen LogP contribution in [-0.4, -0.2) is 23.8 Å². The maximum absolute atomic E-state index is 13.9. The van der Waals surface area contributed by atoms with E-state index in [1.807, 2.05) is 19.9 Å².